The number of halogens is 3. The molecular weight excluding hydrogens is 397 g/mol. The molecule has 1 N–H and O–H groups in total. The molecule has 2 aromatic rings. The Labute approximate surface area is 142 Å². The van der Waals surface area contributed by atoms with Crippen LogP contribution in [0.3, 0.4) is 0 Å². The summed E-state index contributed by atoms with van der Waals surface area (Å²) in [7, 11) is 0. The van der Waals surface area contributed by atoms with Gasteiger partial charge in [0.1, 0.15) is 5.82 Å². The van der Waals surface area contributed by atoms with Crippen molar-refractivity contribution >= 4 is 31.9 Å². The van der Waals surface area contributed by atoms with Gasteiger partial charge in [0.15, 0.2) is 0 Å². The van der Waals surface area contributed by atoms with Gasteiger partial charge in [-0.1, -0.05) is 50.9 Å². The molecule has 2 rings (SSSR count). The first-order chi connectivity index (χ1) is 10.0. The minimum atomic E-state index is -0.202. The van der Waals surface area contributed by atoms with E-state index in [0.717, 1.165) is 27.5 Å². The average molecular weight is 415 g/mol. The van der Waals surface area contributed by atoms with Gasteiger partial charge < -0.3 is 5.32 Å². The summed E-state index contributed by atoms with van der Waals surface area (Å²) in [5.41, 5.74) is 3.37. The van der Waals surface area contributed by atoms with Gasteiger partial charge in [-0.25, -0.2) is 4.39 Å². The molecule has 0 heterocycles. The van der Waals surface area contributed by atoms with Crippen molar-refractivity contribution in [3.05, 3.63) is 67.9 Å². The third-order valence-corrected chi connectivity index (χ3v) is 4.87. The molecule has 21 heavy (non-hydrogen) atoms. The van der Waals surface area contributed by atoms with Crippen molar-refractivity contribution in [1.82, 2.24) is 5.32 Å². The third kappa shape index (κ3) is 4.38. The average Bonchev–Trinajstić information content (AvgIpc) is 2.42. The molecule has 0 fully saturated rings. The van der Waals surface area contributed by atoms with Crippen LogP contribution < -0.4 is 5.32 Å². The lowest BCUT2D eigenvalue weighted by Gasteiger charge is -2.21. The Morgan fingerprint density at radius 2 is 1.86 bits per heavy atom. The van der Waals surface area contributed by atoms with Gasteiger partial charge in [-0.15, -0.1) is 0 Å². The number of aryl methyl sites for hydroxylation is 1. The van der Waals surface area contributed by atoms with Gasteiger partial charge in [0.05, 0.1) is 0 Å². The van der Waals surface area contributed by atoms with E-state index < -0.39 is 0 Å². The molecule has 1 unspecified atom stereocenters. The van der Waals surface area contributed by atoms with Gasteiger partial charge in [-0.2, -0.15) is 0 Å². The normalized spacial score (nSPS) is 12.4. The van der Waals surface area contributed by atoms with E-state index in [1.807, 2.05) is 0 Å². The standard InChI is InChI=1S/C17H18Br2FN/c1-3-21-17(14-6-4-11(2)8-16(14)19)10-12-9-13(20)5-7-15(12)18/h4-9,17,21H,3,10H2,1-2H3. The van der Waals surface area contributed by atoms with Crippen molar-refractivity contribution in [1.29, 1.82) is 0 Å². The van der Waals surface area contributed by atoms with Gasteiger partial charge in [-0.05, 0) is 60.8 Å². The van der Waals surface area contributed by atoms with E-state index >= 15 is 0 Å². The quantitative estimate of drug-likeness (QED) is 0.675. The summed E-state index contributed by atoms with van der Waals surface area (Å²) >= 11 is 7.14. The van der Waals surface area contributed by atoms with E-state index in [2.05, 4.69) is 69.2 Å². The molecule has 0 saturated carbocycles. The number of nitrogens with one attached hydrogen (secondary N) is 1. The summed E-state index contributed by atoms with van der Waals surface area (Å²) in [6.45, 7) is 5.01. The number of benzene rings is 2. The second-order valence-corrected chi connectivity index (χ2v) is 6.78. The molecule has 0 aliphatic rings. The Kier molecular flexibility index (Phi) is 5.97. The predicted octanol–water partition coefficient (Wildman–Crippen LogP) is 5.55. The largest absolute Gasteiger partial charge is 0.310 e. The van der Waals surface area contributed by atoms with Crippen LogP contribution in [0.4, 0.5) is 4.39 Å². The molecule has 0 saturated heterocycles. The molecule has 0 radical (unpaired) electrons. The minimum absolute atomic E-state index is 0.142. The zero-order chi connectivity index (χ0) is 15.4. The molecule has 0 aliphatic carbocycles. The topological polar surface area (TPSA) is 12.0 Å². The Hall–Kier alpha value is -0.710. The fourth-order valence-electron chi connectivity index (χ4n) is 2.37. The molecule has 0 spiro atoms. The maximum atomic E-state index is 13.5. The molecule has 0 aromatic heterocycles. The highest BCUT2D eigenvalue weighted by Crippen LogP contribution is 2.29. The van der Waals surface area contributed by atoms with Crippen molar-refractivity contribution < 1.29 is 4.39 Å². The summed E-state index contributed by atoms with van der Waals surface area (Å²) in [4.78, 5) is 0. The third-order valence-electron chi connectivity index (χ3n) is 3.41. The molecule has 0 amide bonds. The van der Waals surface area contributed by atoms with Crippen molar-refractivity contribution in [2.75, 3.05) is 6.54 Å². The zero-order valence-corrected chi connectivity index (χ0v) is 15.3. The van der Waals surface area contributed by atoms with E-state index in [4.69, 9.17) is 0 Å². The predicted molar refractivity (Wildman–Crippen MR) is 93.1 cm³/mol. The Morgan fingerprint density at radius 3 is 2.52 bits per heavy atom. The lowest BCUT2D eigenvalue weighted by atomic mass is 9.98. The summed E-state index contributed by atoms with van der Waals surface area (Å²) < 4.78 is 15.5. The highest BCUT2D eigenvalue weighted by atomic mass is 79.9. The first-order valence-electron chi connectivity index (χ1n) is 6.94. The molecule has 1 nitrogen and oxygen atoms in total. The second-order valence-electron chi connectivity index (χ2n) is 5.08. The highest BCUT2D eigenvalue weighted by Gasteiger charge is 2.16. The lowest BCUT2D eigenvalue weighted by molar-refractivity contribution is 0.544. The monoisotopic (exact) mass is 413 g/mol. The van der Waals surface area contributed by atoms with Crippen LogP contribution in [-0.4, -0.2) is 6.54 Å². The molecule has 0 aliphatic heterocycles. The smallest absolute Gasteiger partial charge is 0.123 e. The van der Waals surface area contributed by atoms with Crippen LogP contribution in [0.1, 0.15) is 29.7 Å². The number of likely N-dealkylation sites (N-methyl/N-ethyl adjacent to an activating group) is 1. The van der Waals surface area contributed by atoms with E-state index in [-0.39, 0.29) is 11.9 Å². The maximum absolute atomic E-state index is 13.5. The van der Waals surface area contributed by atoms with Crippen LogP contribution in [0.15, 0.2) is 45.3 Å². The molecular formula is C17H18Br2FN. The maximum Gasteiger partial charge on any atom is 0.123 e. The van der Waals surface area contributed by atoms with Crippen molar-refractivity contribution in [3.63, 3.8) is 0 Å². The Morgan fingerprint density at radius 1 is 1.10 bits per heavy atom. The fourth-order valence-corrected chi connectivity index (χ4v) is 3.55. The molecule has 2 aromatic carbocycles. The van der Waals surface area contributed by atoms with Gasteiger partial charge in [-0.3, -0.25) is 0 Å². The summed E-state index contributed by atoms with van der Waals surface area (Å²) in [5.74, 6) is -0.202. The first-order valence-corrected chi connectivity index (χ1v) is 8.53. The highest BCUT2D eigenvalue weighted by molar-refractivity contribution is 9.10. The lowest BCUT2D eigenvalue weighted by Crippen LogP contribution is -2.23. The Bertz CT molecular complexity index is 628. The van der Waals surface area contributed by atoms with Crippen LogP contribution in [0.25, 0.3) is 0 Å². The Balaban J connectivity index is 2.32. The van der Waals surface area contributed by atoms with Gasteiger partial charge in [0.25, 0.3) is 0 Å². The van der Waals surface area contributed by atoms with Crippen molar-refractivity contribution in [3.8, 4) is 0 Å². The summed E-state index contributed by atoms with van der Waals surface area (Å²) in [6, 6.07) is 11.3. The SMILES string of the molecule is CCNC(Cc1cc(F)ccc1Br)c1ccc(C)cc1Br. The van der Waals surface area contributed by atoms with E-state index in [9.17, 15) is 4.39 Å². The van der Waals surface area contributed by atoms with Gasteiger partial charge in [0, 0.05) is 15.0 Å². The number of hydrogen-bond donors (Lipinski definition) is 1. The number of hydrogen-bond acceptors (Lipinski definition) is 1. The molecule has 0 bridgehead atoms. The van der Waals surface area contributed by atoms with Crippen LogP contribution in [0, 0.1) is 12.7 Å². The minimum Gasteiger partial charge on any atom is -0.310 e. The van der Waals surface area contributed by atoms with Crippen LogP contribution >= 0.6 is 31.9 Å². The molecule has 1 atom stereocenters. The summed E-state index contributed by atoms with van der Waals surface area (Å²) in [6.07, 6.45) is 0.730. The van der Waals surface area contributed by atoms with Crippen LogP contribution in [0.5, 0.6) is 0 Å². The zero-order valence-electron chi connectivity index (χ0n) is 12.1. The van der Waals surface area contributed by atoms with Gasteiger partial charge in [0.2, 0.25) is 0 Å². The van der Waals surface area contributed by atoms with E-state index in [1.165, 1.54) is 17.2 Å². The first kappa shape index (κ1) is 16.7. The van der Waals surface area contributed by atoms with E-state index in [1.54, 1.807) is 12.1 Å². The van der Waals surface area contributed by atoms with Crippen molar-refractivity contribution in [2.24, 2.45) is 0 Å². The molecule has 112 valence electrons. The van der Waals surface area contributed by atoms with Gasteiger partial charge >= 0.3 is 0 Å². The number of rotatable bonds is 5. The van der Waals surface area contributed by atoms with Crippen molar-refractivity contribution in [2.45, 2.75) is 26.3 Å². The summed E-state index contributed by atoms with van der Waals surface area (Å²) in [5, 5.41) is 3.48. The van der Waals surface area contributed by atoms with Crippen LogP contribution in [-0.2, 0) is 6.42 Å². The van der Waals surface area contributed by atoms with Crippen LogP contribution in [0.2, 0.25) is 0 Å². The fraction of sp³-hybridized carbons (Fsp3) is 0.294. The molecule has 4 heteroatoms. The van der Waals surface area contributed by atoms with E-state index in [0.29, 0.717) is 0 Å². The second kappa shape index (κ2) is 7.52.